The van der Waals surface area contributed by atoms with Crippen molar-refractivity contribution in [3.05, 3.63) is 34.1 Å². The van der Waals surface area contributed by atoms with E-state index in [0.29, 0.717) is 20.1 Å². The summed E-state index contributed by atoms with van der Waals surface area (Å²) in [6, 6.07) is 3.51. The van der Waals surface area contributed by atoms with E-state index in [1.54, 1.807) is 18.2 Å². The molecule has 3 heterocycles. The number of unbranched alkanes of at least 4 members (excludes halogenated alkanes) is 1. The number of amides is 2. The highest BCUT2D eigenvalue weighted by Crippen LogP contribution is 2.32. The Morgan fingerprint density at radius 3 is 3.04 bits per heavy atom. The molecule has 0 saturated carbocycles. The molecule has 142 valence electrons. The van der Waals surface area contributed by atoms with E-state index >= 15 is 0 Å². The molecule has 2 amide bonds. The van der Waals surface area contributed by atoms with Crippen molar-refractivity contribution < 1.29 is 14.0 Å². The van der Waals surface area contributed by atoms with Crippen LogP contribution < -0.4 is 5.32 Å². The Bertz CT molecular complexity index is 861. The fraction of sp³-hybridized carbons (Fsp3) is 0.353. The highest BCUT2D eigenvalue weighted by Gasteiger charge is 2.32. The van der Waals surface area contributed by atoms with Gasteiger partial charge in [-0.25, -0.2) is 0 Å². The molecule has 1 aliphatic rings. The molecule has 0 aromatic carbocycles. The maximum absolute atomic E-state index is 12.5. The third-order valence-corrected chi connectivity index (χ3v) is 5.99. The van der Waals surface area contributed by atoms with Gasteiger partial charge in [0.05, 0.1) is 11.2 Å². The van der Waals surface area contributed by atoms with E-state index in [0.717, 1.165) is 24.3 Å². The number of hydrogen-bond donors (Lipinski definition) is 1. The van der Waals surface area contributed by atoms with Gasteiger partial charge in [-0.2, -0.15) is 0 Å². The average molecular weight is 423 g/mol. The van der Waals surface area contributed by atoms with E-state index in [1.165, 1.54) is 34.3 Å². The molecule has 0 radical (unpaired) electrons. The van der Waals surface area contributed by atoms with Gasteiger partial charge in [-0.1, -0.05) is 48.7 Å². The van der Waals surface area contributed by atoms with Crippen LogP contribution in [0.25, 0.3) is 6.08 Å². The van der Waals surface area contributed by atoms with Gasteiger partial charge >= 0.3 is 0 Å². The second kappa shape index (κ2) is 9.25. The van der Waals surface area contributed by atoms with Crippen LogP contribution in [0.2, 0.25) is 0 Å². The summed E-state index contributed by atoms with van der Waals surface area (Å²) >= 11 is 7.84. The second-order valence-corrected chi connectivity index (χ2v) is 8.49. The number of thioether (sulfide) groups is 1. The van der Waals surface area contributed by atoms with Crippen molar-refractivity contribution >= 4 is 62.7 Å². The fourth-order valence-corrected chi connectivity index (χ4v) is 4.41. The minimum absolute atomic E-state index is 0.129. The van der Waals surface area contributed by atoms with Gasteiger partial charge in [0.1, 0.15) is 15.1 Å². The number of nitrogens with zero attached hydrogens (tertiary/aromatic N) is 3. The van der Waals surface area contributed by atoms with E-state index in [-0.39, 0.29) is 24.8 Å². The van der Waals surface area contributed by atoms with Gasteiger partial charge in [-0.3, -0.25) is 14.5 Å². The van der Waals surface area contributed by atoms with Crippen LogP contribution in [0.1, 0.15) is 37.0 Å². The Balaban J connectivity index is 1.52. The zero-order valence-corrected chi connectivity index (χ0v) is 17.1. The highest BCUT2D eigenvalue weighted by molar-refractivity contribution is 8.26. The summed E-state index contributed by atoms with van der Waals surface area (Å²) in [7, 11) is 0. The Hall–Kier alpha value is -2.04. The van der Waals surface area contributed by atoms with E-state index in [4.69, 9.17) is 16.6 Å². The smallest absolute Gasteiger partial charge is 0.266 e. The lowest BCUT2D eigenvalue weighted by Crippen LogP contribution is -2.31. The second-order valence-electron chi connectivity index (χ2n) is 5.75. The summed E-state index contributed by atoms with van der Waals surface area (Å²) in [6.45, 7) is 2.33. The largest absolute Gasteiger partial charge is 0.465 e. The molecular formula is C17H18N4O3S3. The number of thiocarbonyl (C=S) groups is 1. The minimum atomic E-state index is -0.225. The Morgan fingerprint density at radius 1 is 1.44 bits per heavy atom. The van der Waals surface area contributed by atoms with Crippen LogP contribution in [0.3, 0.4) is 0 Å². The molecule has 27 heavy (non-hydrogen) atoms. The van der Waals surface area contributed by atoms with Crippen molar-refractivity contribution in [2.75, 3.05) is 11.9 Å². The highest BCUT2D eigenvalue weighted by atomic mass is 32.2. The van der Waals surface area contributed by atoms with Crippen LogP contribution in [-0.4, -0.2) is 37.8 Å². The number of carbonyl (C=O) groups excluding carboxylic acids is 2. The van der Waals surface area contributed by atoms with Crippen LogP contribution >= 0.6 is 35.3 Å². The van der Waals surface area contributed by atoms with Crippen molar-refractivity contribution in [2.45, 2.75) is 32.6 Å². The number of anilines is 1. The summed E-state index contributed by atoms with van der Waals surface area (Å²) in [4.78, 5) is 26.5. The van der Waals surface area contributed by atoms with E-state index in [9.17, 15) is 9.59 Å². The van der Waals surface area contributed by atoms with Crippen LogP contribution in [0, 0.1) is 0 Å². The minimum Gasteiger partial charge on any atom is -0.465 e. The summed E-state index contributed by atoms with van der Waals surface area (Å²) in [5, 5.41) is 12.2. The maximum atomic E-state index is 12.5. The molecule has 0 unspecified atom stereocenters. The van der Waals surface area contributed by atoms with Crippen LogP contribution in [0.4, 0.5) is 5.13 Å². The van der Waals surface area contributed by atoms with Gasteiger partial charge in [0.25, 0.3) is 5.91 Å². The van der Waals surface area contributed by atoms with Crippen molar-refractivity contribution in [1.82, 2.24) is 15.1 Å². The van der Waals surface area contributed by atoms with Gasteiger partial charge < -0.3 is 9.73 Å². The van der Waals surface area contributed by atoms with Gasteiger partial charge in [0, 0.05) is 25.5 Å². The molecule has 0 aliphatic carbocycles. The third-order valence-electron chi connectivity index (χ3n) is 3.71. The van der Waals surface area contributed by atoms with Gasteiger partial charge in [0.2, 0.25) is 11.0 Å². The molecule has 0 spiro atoms. The first kappa shape index (κ1) is 19.7. The van der Waals surface area contributed by atoms with Gasteiger partial charge in [0.15, 0.2) is 0 Å². The Kier molecular flexibility index (Phi) is 6.75. The number of furan rings is 1. The third kappa shape index (κ3) is 5.24. The molecule has 1 fully saturated rings. The SMILES string of the molecule is CCCCc1nnc(NC(=O)CCN2C(=O)/C(=C\c3ccco3)SC2=S)s1. The first-order valence-corrected chi connectivity index (χ1v) is 10.5. The first-order valence-electron chi connectivity index (χ1n) is 8.48. The van der Waals surface area contributed by atoms with Crippen LogP contribution in [-0.2, 0) is 16.0 Å². The number of nitrogens with one attached hydrogen (secondary N) is 1. The van der Waals surface area contributed by atoms with Crippen LogP contribution in [0.15, 0.2) is 27.7 Å². The Labute approximate surface area is 170 Å². The summed E-state index contributed by atoms with van der Waals surface area (Å²) in [5.41, 5.74) is 0. The zero-order valence-electron chi connectivity index (χ0n) is 14.6. The van der Waals surface area contributed by atoms with Crippen molar-refractivity contribution in [2.24, 2.45) is 0 Å². The standard InChI is InChI=1S/C17H18N4O3S3/c1-2-3-6-14-19-20-16(27-14)18-13(22)7-8-21-15(23)12(26-17(21)25)10-11-5-4-9-24-11/h4-5,9-10H,2-3,6-8H2,1H3,(H,18,20,22)/b12-10+. The molecule has 1 N–H and O–H groups in total. The molecular weight excluding hydrogens is 404 g/mol. The van der Waals surface area contributed by atoms with E-state index < -0.39 is 0 Å². The number of hydrogen-bond acceptors (Lipinski definition) is 8. The molecule has 0 atom stereocenters. The summed E-state index contributed by atoms with van der Waals surface area (Å²) < 4.78 is 5.66. The normalized spacial score (nSPS) is 15.7. The lowest BCUT2D eigenvalue weighted by molar-refractivity contribution is -0.122. The predicted molar refractivity (Wildman–Crippen MR) is 110 cm³/mol. The van der Waals surface area contributed by atoms with E-state index in [1.807, 2.05) is 0 Å². The van der Waals surface area contributed by atoms with Crippen molar-refractivity contribution in [1.29, 1.82) is 0 Å². The maximum Gasteiger partial charge on any atom is 0.266 e. The average Bonchev–Trinajstić information content (AvgIpc) is 3.36. The lowest BCUT2D eigenvalue weighted by Gasteiger charge is -2.13. The number of carbonyl (C=O) groups is 2. The predicted octanol–water partition coefficient (Wildman–Crippen LogP) is 3.70. The Morgan fingerprint density at radius 2 is 2.30 bits per heavy atom. The molecule has 3 rings (SSSR count). The molecule has 2 aromatic heterocycles. The van der Waals surface area contributed by atoms with Gasteiger partial charge in [-0.15, -0.1) is 10.2 Å². The zero-order chi connectivity index (χ0) is 19.2. The summed E-state index contributed by atoms with van der Waals surface area (Å²) in [5.74, 6) is 0.146. The fourth-order valence-electron chi connectivity index (χ4n) is 2.32. The number of rotatable bonds is 8. The molecule has 1 saturated heterocycles. The van der Waals surface area contributed by atoms with Gasteiger partial charge in [-0.05, 0) is 18.6 Å². The topological polar surface area (TPSA) is 88.3 Å². The lowest BCUT2D eigenvalue weighted by atomic mass is 10.3. The van der Waals surface area contributed by atoms with Crippen LogP contribution in [0.5, 0.6) is 0 Å². The number of aromatic nitrogens is 2. The summed E-state index contributed by atoms with van der Waals surface area (Å²) in [6.07, 6.45) is 6.31. The monoisotopic (exact) mass is 422 g/mol. The molecule has 0 bridgehead atoms. The molecule has 10 heteroatoms. The molecule has 7 nitrogen and oxygen atoms in total. The first-order chi connectivity index (χ1) is 13.1. The van der Waals surface area contributed by atoms with Crippen molar-refractivity contribution in [3.8, 4) is 0 Å². The quantitative estimate of drug-likeness (QED) is 0.512. The molecule has 1 aliphatic heterocycles. The number of aryl methyl sites for hydroxylation is 1. The molecule has 2 aromatic rings. The van der Waals surface area contributed by atoms with Crippen molar-refractivity contribution in [3.63, 3.8) is 0 Å². The van der Waals surface area contributed by atoms with E-state index in [2.05, 4.69) is 22.4 Å².